The molecule has 8 heteroatoms. The molecule has 2 aromatic heterocycles. The fourth-order valence-electron chi connectivity index (χ4n) is 2.31. The average Bonchev–Trinajstić information content (AvgIpc) is 2.97. The number of benzene rings is 1. The minimum absolute atomic E-state index is 0.191. The standard InChI is InChI=1S/C18H17FN4O3/c1-18(2,3)26-17(25)21-12-4-5-14(19)13(6-12)15-9-23-8-11(10-24)7-20-16(23)22-15/h4-10H,1-3H3,(H,21,25). The van der Waals surface area contributed by atoms with Crippen LogP contribution in [0.15, 0.2) is 36.8 Å². The van der Waals surface area contributed by atoms with Crippen LogP contribution < -0.4 is 5.32 Å². The van der Waals surface area contributed by atoms with Gasteiger partial charge in [-0.1, -0.05) is 0 Å². The van der Waals surface area contributed by atoms with Crippen LogP contribution in [-0.4, -0.2) is 32.3 Å². The van der Waals surface area contributed by atoms with Gasteiger partial charge in [-0.25, -0.2) is 19.2 Å². The summed E-state index contributed by atoms with van der Waals surface area (Å²) in [5.41, 5.74) is 0.621. The summed E-state index contributed by atoms with van der Waals surface area (Å²) in [6.07, 6.45) is 4.52. The van der Waals surface area contributed by atoms with Crippen molar-refractivity contribution in [3.05, 3.63) is 48.2 Å². The third-order valence-corrected chi connectivity index (χ3v) is 3.35. The van der Waals surface area contributed by atoms with Gasteiger partial charge in [-0.15, -0.1) is 0 Å². The Morgan fingerprint density at radius 1 is 1.31 bits per heavy atom. The van der Waals surface area contributed by atoms with Crippen molar-refractivity contribution >= 4 is 23.8 Å². The summed E-state index contributed by atoms with van der Waals surface area (Å²) in [4.78, 5) is 31.0. The molecule has 1 N–H and O–H groups in total. The summed E-state index contributed by atoms with van der Waals surface area (Å²) in [6, 6.07) is 4.12. The topological polar surface area (TPSA) is 85.6 Å². The maximum absolute atomic E-state index is 14.3. The lowest BCUT2D eigenvalue weighted by atomic mass is 10.1. The van der Waals surface area contributed by atoms with Gasteiger partial charge in [0, 0.05) is 35.4 Å². The van der Waals surface area contributed by atoms with Gasteiger partial charge in [0.15, 0.2) is 6.29 Å². The number of rotatable bonds is 3. The molecule has 0 saturated heterocycles. The van der Waals surface area contributed by atoms with E-state index < -0.39 is 17.5 Å². The van der Waals surface area contributed by atoms with E-state index in [0.717, 1.165) is 0 Å². The van der Waals surface area contributed by atoms with Crippen LogP contribution in [0.5, 0.6) is 0 Å². The van der Waals surface area contributed by atoms with E-state index in [1.54, 1.807) is 33.2 Å². The second-order valence-corrected chi connectivity index (χ2v) is 6.66. The Morgan fingerprint density at radius 2 is 2.08 bits per heavy atom. The van der Waals surface area contributed by atoms with Crippen LogP contribution in [0.2, 0.25) is 0 Å². The Kier molecular flexibility index (Phi) is 4.41. The predicted octanol–water partition coefficient (Wildman–Crippen LogP) is 3.69. The van der Waals surface area contributed by atoms with Gasteiger partial charge in [-0.2, -0.15) is 0 Å². The molecule has 2 heterocycles. The number of amides is 1. The van der Waals surface area contributed by atoms with Crippen molar-refractivity contribution in [2.45, 2.75) is 26.4 Å². The van der Waals surface area contributed by atoms with Crippen LogP contribution in [-0.2, 0) is 4.74 Å². The summed E-state index contributed by atoms with van der Waals surface area (Å²) < 4.78 is 21.0. The number of nitrogens with one attached hydrogen (secondary N) is 1. The first-order valence-electron chi connectivity index (χ1n) is 7.85. The van der Waals surface area contributed by atoms with E-state index >= 15 is 0 Å². The molecular formula is C18H17FN4O3. The van der Waals surface area contributed by atoms with Crippen molar-refractivity contribution in [1.82, 2.24) is 14.4 Å². The van der Waals surface area contributed by atoms with Crippen LogP contribution in [0.4, 0.5) is 14.9 Å². The number of ether oxygens (including phenoxy) is 1. The minimum Gasteiger partial charge on any atom is -0.444 e. The number of aromatic nitrogens is 3. The van der Waals surface area contributed by atoms with Gasteiger partial charge in [0.25, 0.3) is 0 Å². The summed E-state index contributed by atoms with van der Waals surface area (Å²) in [6.45, 7) is 5.25. The second kappa shape index (κ2) is 6.55. The van der Waals surface area contributed by atoms with Crippen LogP contribution in [0.1, 0.15) is 31.1 Å². The number of carbonyl (C=O) groups is 2. The molecule has 7 nitrogen and oxygen atoms in total. The first-order valence-corrected chi connectivity index (χ1v) is 7.85. The van der Waals surface area contributed by atoms with Gasteiger partial charge in [0.05, 0.1) is 5.69 Å². The minimum atomic E-state index is -0.642. The van der Waals surface area contributed by atoms with E-state index in [1.807, 2.05) is 0 Å². The largest absolute Gasteiger partial charge is 0.444 e. The number of hydrogen-bond donors (Lipinski definition) is 1. The molecule has 0 spiro atoms. The quantitative estimate of drug-likeness (QED) is 0.723. The van der Waals surface area contributed by atoms with Crippen LogP contribution in [0.25, 0.3) is 17.0 Å². The number of aldehydes is 1. The van der Waals surface area contributed by atoms with E-state index in [9.17, 15) is 14.0 Å². The molecule has 1 aromatic carbocycles. The molecule has 0 fully saturated rings. The number of carbonyl (C=O) groups excluding carboxylic acids is 2. The van der Waals surface area contributed by atoms with Crippen molar-refractivity contribution in [1.29, 1.82) is 0 Å². The van der Waals surface area contributed by atoms with Crippen molar-refractivity contribution in [3.63, 3.8) is 0 Å². The van der Waals surface area contributed by atoms with Crippen molar-refractivity contribution in [2.75, 3.05) is 5.32 Å². The number of anilines is 1. The molecule has 0 saturated carbocycles. The number of hydrogen-bond acceptors (Lipinski definition) is 5. The van der Waals surface area contributed by atoms with Gasteiger partial charge >= 0.3 is 6.09 Å². The second-order valence-electron chi connectivity index (χ2n) is 6.66. The fourth-order valence-corrected chi connectivity index (χ4v) is 2.31. The van der Waals surface area contributed by atoms with E-state index in [1.165, 1.54) is 28.8 Å². The smallest absolute Gasteiger partial charge is 0.412 e. The van der Waals surface area contributed by atoms with Gasteiger partial charge in [0.2, 0.25) is 5.78 Å². The fraction of sp³-hybridized carbons (Fsp3) is 0.222. The SMILES string of the molecule is CC(C)(C)OC(=O)Nc1ccc(F)c(-c2cn3cc(C=O)cnc3n2)c1. The molecular weight excluding hydrogens is 339 g/mol. The van der Waals surface area contributed by atoms with Crippen LogP contribution in [0, 0.1) is 5.82 Å². The highest BCUT2D eigenvalue weighted by molar-refractivity contribution is 5.86. The number of fused-ring (bicyclic) bond motifs is 1. The van der Waals surface area contributed by atoms with Gasteiger partial charge < -0.3 is 4.74 Å². The maximum atomic E-state index is 14.3. The van der Waals surface area contributed by atoms with E-state index in [-0.39, 0.29) is 5.56 Å². The molecule has 0 radical (unpaired) electrons. The Labute approximate surface area is 148 Å². The highest BCUT2D eigenvalue weighted by Gasteiger charge is 2.17. The summed E-state index contributed by atoms with van der Waals surface area (Å²) >= 11 is 0. The van der Waals surface area contributed by atoms with E-state index in [2.05, 4.69) is 15.3 Å². The lowest BCUT2D eigenvalue weighted by molar-refractivity contribution is 0.0636. The molecule has 0 atom stereocenters. The number of imidazole rings is 1. The summed E-state index contributed by atoms with van der Waals surface area (Å²) in [7, 11) is 0. The lowest BCUT2D eigenvalue weighted by Gasteiger charge is -2.19. The number of nitrogens with zero attached hydrogens (tertiary/aromatic N) is 3. The Morgan fingerprint density at radius 3 is 2.77 bits per heavy atom. The number of halogens is 1. The first kappa shape index (κ1) is 17.5. The Balaban J connectivity index is 1.92. The summed E-state index contributed by atoms with van der Waals surface area (Å²) in [5, 5.41) is 2.56. The molecule has 3 aromatic rings. The zero-order valence-corrected chi connectivity index (χ0v) is 14.5. The third kappa shape index (κ3) is 3.85. The van der Waals surface area contributed by atoms with Crippen molar-refractivity contribution in [3.8, 4) is 11.3 Å². The molecule has 0 bridgehead atoms. The van der Waals surface area contributed by atoms with E-state index in [0.29, 0.717) is 29.0 Å². The van der Waals surface area contributed by atoms with Gasteiger partial charge in [-0.3, -0.25) is 14.5 Å². The van der Waals surface area contributed by atoms with Crippen molar-refractivity contribution < 1.29 is 18.7 Å². The molecule has 0 aliphatic carbocycles. The van der Waals surface area contributed by atoms with Crippen LogP contribution >= 0.6 is 0 Å². The highest BCUT2D eigenvalue weighted by atomic mass is 19.1. The lowest BCUT2D eigenvalue weighted by Crippen LogP contribution is -2.27. The molecule has 0 unspecified atom stereocenters. The molecule has 26 heavy (non-hydrogen) atoms. The molecule has 0 aliphatic heterocycles. The van der Waals surface area contributed by atoms with E-state index in [4.69, 9.17) is 4.74 Å². The molecule has 1 amide bonds. The average molecular weight is 356 g/mol. The molecule has 134 valence electrons. The normalized spacial score (nSPS) is 11.4. The predicted molar refractivity (Wildman–Crippen MR) is 93.6 cm³/mol. The van der Waals surface area contributed by atoms with Crippen molar-refractivity contribution in [2.24, 2.45) is 0 Å². The first-order chi connectivity index (χ1) is 12.2. The summed E-state index contributed by atoms with van der Waals surface area (Å²) in [5.74, 6) is -0.172. The maximum Gasteiger partial charge on any atom is 0.412 e. The Hall–Kier alpha value is -3.29. The van der Waals surface area contributed by atoms with Gasteiger partial charge in [0.1, 0.15) is 11.4 Å². The van der Waals surface area contributed by atoms with Gasteiger partial charge in [-0.05, 0) is 39.0 Å². The monoisotopic (exact) mass is 356 g/mol. The molecule has 0 aliphatic rings. The molecule has 3 rings (SSSR count). The Bertz CT molecular complexity index is 992. The third-order valence-electron chi connectivity index (χ3n) is 3.35. The van der Waals surface area contributed by atoms with Crippen LogP contribution in [0.3, 0.4) is 0 Å². The highest BCUT2D eigenvalue weighted by Crippen LogP contribution is 2.26. The zero-order chi connectivity index (χ0) is 18.9. The zero-order valence-electron chi connectivity index (χ0n) is 14.5.